The highest BCUT2D eigenvalue weighted by Crippen LogP contribution is 2.19. The van der Waals surface area contributed by atoms with Gasteiger partial charge in [-0.05, 0) is 18.6 Å². The van der Waals surface area contributed by atoms with Crippen LogP contribution in [0.15, 0.2) is 54.5 Å². The molecule has 1 fully saturated rings. The van der Waals surface area contributed by atoms with Crippen molar-refractivity contribution in [2.45, 2.75) is 30.7 Å². The summed E-state index contributed by atoms with van der Waals surface area (Å²) >= 11 is 0. The number of likely N-dealkylation sites (tertiary alicyclic amines) is 1. The molecule has 0 unspecified atom stereocenters. The summed E-state index contributed by atoms with van der Waals surface area (Å²) in [5.74, 6) is -0.262. The molecule has 0 bridgehead atoms. The van der Waals surface area contributed by atoms with Crippen LogP contribution in [-0.2, 0) is 26.2 Å². The highest BCUT2D eigenvalue weighted by Gasteiger charge is 2.38. The summed E-state index contributed by atoms with van der Waals surface area (Å²) in [4.78, 5) is 19.8. The van der Waals surface area contributed by atoms with Gasteiger partial charge in [-0.1, -0.05) is 36.4 Å². The van der Waals surface area contributed by atoms with Crippen LogP contribution < -0.4 is 4.72 Å². The molecule has 0 spiro atoms. The molecular weight excluding hydrogens is 368 g/mol. The van der Waals surface area contributed by atoms with Gasteiger partial charge in [-0.3, -0.25) is 4.79 Å². The van der Waals surface area contributed by atoms with E-state index in [1.54, 1.807) is 0 Å². The molecule has 0 saturated carbocycles. The van der Waals surface area contributed by atoms with Crippen molar-refractivity contribution in [1.29, 1.82) is 0 Å². The van der Waals surface area contributed by atoms with Crippen LogP contribution in [0.4, 0.5) is 0 Å². The Hall–Kier alpha value is -2.49. The second-order valence-electron chi connectivity index (χ2n) is 6.43. The molecule has 1 aromatic heterocycles. The predicted molar refractivity (Wildman–Crippen MR) is 99.2 cm³/mol. The van der Waals surface area contributed by atoms with Gasteiger partial charge in [-0.25, -0.2) is 18.1 Å². The molecule has 1 saturated heterocycles. The van der Waals surface area contributed by atoms with Gasteiger partial charge >= 0.3 is 0 Å². The minimum Gasteiger partial charge on any atom is -0.370 e. The molecule has 8 nitrogen and oxygen atoms in total. The lowest BCUT2D eigenvalue weighted by Gasteiger charge is -2.19. The fraction of sp³-hybridized carbons (Fsp3) is 0.333. The van der Waals surface area contributed by atoms with Crippen molar-refractivity contribution in [3.63, 3.8) is 0 Å². The van der Waals surface area contributed by atoms with Gasteiger partial charge in [-0.2, -0.15) is 0 Å². The molecule has 0 radical (unpaired) electrons. The fourth-order valence-corrected chi connectivity index (χ4v) is 4.18. The third-order valence-corrected chi connectivity index (χ3v) is 5.78. The molecule has 1 aliphatic heterocycles. The van der Waals surface area contributed by atoms with E-state index in [2.05, 4.69) is 21.3 Å². The molecule has 144 valence electrons. The third-order valence-electron chi connectivity index (χ3n) is 4.37. The highest BCUT2D eigenvalue weighted by atomic mass is 32.2. The summed E-state index contributed by atoms with van der Waals surface area (Å²) in [5.41, 5.74) is 2.10. The number of aromatic nitrogens is 2. The Morgan fingerprint density at radius 2 is 2.30 bits per heavy atom. The van der Waals surface area contributed by atoms with Crippen LogP contribution in [0.5, 0.6) is 0 Å². The number of H-pyrrole nitrogens is 1. The lowest BCUT2D eigenvalue weighted by molar-refractivity contribution is -0.125. The third kappa shape index (κ3) is 4.62. The fourth-order valence-electron chi connectivity index (χ4n) is 3.02. The summed E-state index contributed by atoms with van der Waals surface area (Å²) in [7, 11) is -3.79. The van der Waals surface area contributed by atoms with E-state index in [0.717, 1.165) is 11.1 Å². The number of carbonyl (C=O) groups excluding carboxylic acids is 1. The lowest BCUT2D eigenvalue weighted by atomic mass is 10.1. The van der Waals surface area contributed by atoms with Crippen LogP contribution in [0.3, 0.4) is 0 Å². The van der Waals surface area contributed by atoms with Crippen LogP contribution in [0.25, 0.3) is 0 Å². The molecule has 27 heavy (non-hydrogen) atoms. The summed E-state index contributed by atoms with van der Waals surface area (Å²) in [6.45, 7) is 6.29. The number of amides is 1. The predicted octanol–water partition coefficient (Wildman–Crippen LogP) is 0.979. The van der Waals surface area contributed by atoms with Crippen molar-refractivity contribution in [3.8, 4) is 0 Å². The number of hydrogen-bond acceptors (Lipinski definition) is 5. The minimum absolute atomic E-state index is 0.0339. The van der Waals surface area contributed by atoms with E-state index in [1.165, 1.54) is 23.5 Å². The molecule has 2 heterocycles. The Kier molecular flexibility index (Phi) is 5.73. The van der Waals surface area contributed by atoms with Gasteiger partial charge in [0, 0.05) is 13.1 Å². The van der Waals surface area contributed by atoms with Crippen molar-refractivity contribution in [1.82, 2.24) is 19.6 Å². The maximum absolute atomic E-state index is 12.5. The first-order valence-electron chi connectivity index (χ1n) is 8.48. The van der Waals surface area contributed by atoms with Crippen LogP contribution in [0.1, 0.15) is 11.1 Å². The SMILES string of the molecule is C=CC(=O)N1C[C@@H](NS(=O)(=O)c2cnc[nH]2)[C@H](OCc2cccc(C)c2)C1. The quantitative estimate of drug-likeness (QED) is 0.686. The number of nitrogens with one attached hydrogen (secondary N) is 2. The zero-order chi connectivity index (χ0) is 19.4. The number of carbonyl (C=O) groups is 1. The first kappa shape index (κ1) is 19.3. The molecular formula is C18H22N4O4S. The first-order chi connectivity index (χ1) is 12.9. The number of rotatable bonds is 7. The van der Waals surface area contributed by atoms with Crippen molar-refractivity contribution in [3.05, 3.63) is 60.6 Å². The molecule has 1 amide bonds. The van der Waals surface area contributed by atoms with Gasteiger partial charge in [0.05, 0.1) is 31.3 Å². The second-order valence-corrected chi connectivity index (χ2v) is 8.11. The second kappa shape index (κ2) is 8.03. The Labute approximate surface area is 158 Å². The number of aryl methyl sites for hydroxylation is 1. The molecule has 0 aliphatic carbocycles. The molecule has 1 aromatic carbocycles. The van der Waals surface area contributed by atoms with Gasteiger partial charge in [0.2, 0.25) is 5.91 Å². The van der Waals surface area contributed by atoms with Gasteiger partial charge in [0.1, 0.15) is 0 Å². The van der Waals surface area contributed by atoms with Crippen molar-refractivity contribution < 1.29 is 17.9 Å². The molecule has 1 aliphatic rings. The monoisotopic (exact) mass is 390 g/mol. The zero-order valence-corrected chi connectivity index (χ0v) is 15.8. The number of imidazole rings is 1. The van der Waals surface area contributed by atoms with E-state index < -0.39 is 22.2 Å². The first-order valence-corrected chi connectivity index (χ1v) is 9.96. The smallest absolute Gasteiger partial charge is 0.258 e. The standard InChI is InChI=1S/C18H22N4O4S/c1-3-18(23)22-9-15(21-27(24,25)17-8-19-12-20-17)16(10-22)26-11-14-6-4-5-13(2)7-14/h3-8,12,15-16,21H,1,9-11H2,2H3,(H,19,20)/t15-,16-/m1/s1. The number of sulfonamides is 1. The highest BCUT2D eigenvalue weighted by molar-refractivity contribution is 7.89. The average molecular weight is 390 g/mol. The largest absolute Gasteiger partial charge is 0.370 e. The lowest BCUT2D eigenvalue weighted by Crippen LogP contribution is -2.44. The van der Waals surface area contributed by atoms with E-state index in [-0.39, 0.29) is 24.0 Å². The van der Waals surface area contributed by atoms with E-state index in [0.29, 0.717) is 6.61 Å². The van der Waals surface area contributed by atoms with Crippen LogP contribution in [-0.4, -0.2) is 54.4 Å². The van der Waals surface area contributed by atoms with Crippen LogP contribution in [0, 0.1) is 6.92 Å². The van der Waals surface area contributed by atoms with E-state index in [9.17, 15) is 13.2 Å². The maximum atomic E-state index is 12.5. The summed E-state index contributed by atoms with van der Waals surface area (Å²) in [6, 6.07) is 7.30. The van der Waals surface area contributed by atoms with Crippen molar-refractivity contribution in [2.24, 2.45) is 0 Å². The van der Waals surface area contributed by atoms with E-state index in [4.69, 9.17) is 4.74 Å². The van der Waals surface area contributed by atoms with Gasteiger partial charge < -0.3 is 14.6 Å². The Balaban J connectivity index is 1.74. The zero-order valence-electron chi connectivity index (χ0n) is 15.0. The van der Waals surface area contributed by atoms with Crippen LogP contribution in [0.2, 0.25) is 0 Å². The average Bonchev–Trinajstić information content (AvgIpc) is 3.30. The minimum atomic E-state index is -3.79. The Morgan fingerprint density at radius 3 is 2.96 bits per heavy atom. The topological polar surface area (TPSA) is 104 Å². The molecule has 9 heteroatoms. The maximum Gasteiger partial charge on any atom is 0.258 e. The Bertz CT molecular complexity index is 911. The van der Waals surface area contributed by atoms with Crippen molar-refractivity contribution in [2.75, 3.05) is 13.1 Å². The summed E-state index contributed by atoms with van der Waals surface area (Å²) in [5, 5.41) is -0.0339. The number of ether oxygens (including phenoxy) is 1. The number of hydrogen-bond donors (Lipinski definition) is 2. The molecule has 2 aromatic rings. The van der Waals surface area contributed by atoms with Gasteiger partial charge in [-0.15, -0.1) is 0 Å². The van der Waals surface area contributed by atoms with Crippen molar-refractivity contribution >= 4 is 15.9 Å². The van der Waals surface area contributed by atoms with Crippen LogP contribution >= 0.6 is 0 Å². The van der Waals surface area contributed by atoms with E-state index >= 15 is 0 Å². The normalized spacial score (nSPS) is 20.0. The molecule has 2 atom stereocenters. The molecule has 3 rings (SSSR count). The van der Waals surface area contributed by atoms with E-state index in [1.807, 2.05) is 31.2 Å². The Morgan fingerprint density at radius 1 is 1.48 bits per heavy atom. The number of aromatic amines is 1. The summed E-state index contributed by atoms with van der Waals surface area (Å²) < 4.78 is 33.6. The molecule has 2 N–H and O–H groups in total. The van der Waals surface area contributed by atoms with Gasteiger partial charge in [0.25, 0.3) is 10.0 Å². The summed E-state index contributed by atoms with van der Waals surface area (Å²) in [6.07, 6.45) is 3.26. The number of nitrogens with zero attached hydrogens (tertiary/aromatic N) is 2. The van der Waals surface area contributed by atoms with Gasteiger partial charge in [0.15, 0.2) is 5.03 Å². The number of benzene rings is 1.